The van der Waals surface area contributed by atoms with E-state index < -0.39 is 11.5 Å². The number of esters is 1. The molecule has 28 heavy (non-hydrogen) atoms. The lowest BCUT2D eigenvalue weighted by molar-refractivity contribution is -0.176. The normalized spacial score (nSPS) is 35.5. The predicted octanol–water partition coefficient (Wildman–Crippen LogP) is 3.86. The zero-order chi connectivity index (χ0) is 19.5. The summed E-state index contributed by atoms with van der Waals surface area (Å²) >= 11 is 6.81. The highest BCUT2D eigenvalue weighted by Gasteiger charge is 2.61. The SMILES string of the molecule is C[C@@H](OC(=O)C12C[C@@H]3C[C@@H](CC(Cl)(C3)C1)C2)C(=O)Nc1ccc2c(c1)OCO2. The molecule has 1 N–H and O–H groups in total. The van der Waals surface area contributed by atoms with Crippen molar-refractivity contribution in [3.63, 3.8) is 0 Å². The summed E-state index contributed by atoms with van der Waals surface area (Å²) in [5, 5.41) is 2.78. The molecule has 1 aromatic carbocycles. The molecule has 1 aromatic rings. The first-order chi connectivity index (χ1) is 13.3. The molecular formula is C21H24ClNO5. The van der Waals surface area contributed by atoms with Gasteiger partial charge in [-0.15, -0.1) is 11.6 Å². The van der Waals surface area contributed by atoms with Crippen molar-refractivity contribution in [2.75, 3.05) is 12.1 Å². The van der Waals surface area contributed by atoms with E-state index in [1.54, 1.807) is 25.1 Å². The van der Waals surface area contributed by atoms with E-state index >= 15 is 0 Å². The molecule has 5 atom stereocenters. The molecule has 1 heterocycles. The quantitative estimate of drug-likeness (QED) is 0.608. The van der Waals surface area contributed by atoms with Gasteiger partial charge in [0.25, 0.3) is 5.91 Å². The second kappa shape index (κ2) is 6.28. The Morgan fingerprint density at radius 1 is 1.18 bits per heavy atom. The number of carbonyl (C=O) groups excluding carboxylic acids is 2. The Bertz CT molecular complexity index is 826. The second-order valence-corrected chi connectivity index (χ2v) is 9.80. The number of ether oxygens (including phenoxy) is 3. The van der Waals surface area contributed by atoms with Crippen molar-refractivity contribution >= 4 is 29.2 Å². The van der Waals surface area contributed by atoms with Crippen LogP contribution in [0.25, 0.3) is 0 Å². The lowest BCUT2D eigenvalue weighted by Gasteiger charge is -2.58. The molecule has 7 heteroatoms. The van der Waals surface area contributed by atoms with Crippen LogP contribution in [-0.4, -0.2) is 29.6 Å². The third-order valence-electron chi connectivity index (χ3n) is 6.72. The molecule has 4 fully saturated rings. The topological polar surface area (TPSA) is 73.9 Å². The van der Waals surface area contributed by atoms with Gasteiger partial charge in [0.05, 0.1) is 5.41 Å². The number of anilines is 1. The maximum atomic E-state index is 13.1. The molecule has 4 saturated carbocycles. The summed E-state index contributed by atoms with van der Waals surface area (Å²) in [5.74, 6) is 1.61. The van der Waals surface area contributed by atoms with Crippen LogP contribution in [0.4, 0.5) is 5.69 Å². The van der Waals surface area contributed by atoms with Gasteiger partial charge in [0, 0.05) is 16.6 Å². The molecule has 0 spiro atoms. The Morgan fingerprint density at radius 3 is 2.61 bits per heavy atom. The summed E-state index contributed by atoms with van der Waals surface area (Å²) in [5.41, 5.74) is 0.0609. The van der Waals surface area contributed by atoms with E-state index in [0.29, 0.717) is 35.4 Å². The van der Waals surface area contributed by atoms with E-state index in [9.17, 15) is 9.59 Å². The first-order valence-corrected chi connectivity index (χ1v) is 10.3. The maximum absolute atomic E-state index is 13.1. The van der Waals surface area contributed by atoms with Gasteiger partial charge in [0.15, 0.2) is 17.6 Å². The summed E-state index contributed by atoms with van der Waals surface area (Å²) in [4.78, 5) is 25.4. The Kier molecular flexibility index (Phi) is 4.06. The standard InChI is InChI=1S/C21H24ClNO5/c1-12(18(24)23-15-2-3-16-17(5-15)27-11-26-16)28-19(25)20-6-13-4-14(7-20)9-21(22,8-13)10-20/h2-3,5,12-14H,4,6-11H2,1H3,(H,23,24)/t12-,13-,14+,20?,21?/m1/s1. The van der Waals surface area contributed by atoms with Crippen LogP contribution in [0, 0.1) is 17.3 Å². The molecule has 6 nitrogen and oxygen atoms in total. The fourth-order valence-corrected chi connectivity index (χ4v) is 6.64. The zero-order valence-corrected chi connectivity index (χ0v) is 16.6. The van der Waals surface area contributed by atoms with Gasteiger partial charge in [-0.2, -0.15) is 0 Å². The van der Waals surface area contributed by atoms with Crippen molar-refractivity contribution in [1.82, 2.24) is 0 Å². The molecule has 2 unspecified atom stereocenters. The molecule has 1 aliphatic heterocycles. The third-order valence-corrected chi connectivity index (χ3v) is 7.16. The number of rotatable bonds is 4. The maximum Gasteiger partial charge on any atom is 0.312 e. The summed E-state index contributed by atoms with van der Waals surface area (Å²) < 4.78 is 16.2. The number of amides is 1. The number of carbonyl (C=O) groups is 2. The smallest absolute Gasteiger partial charge is 0.312 e. The summed E-state index contributed by atoms with van der Waals surface area (Å²) in [7, 11) is 0. The third kappa shape index (κ3) is 3.02. The van der Waals surface area contributed by atoms with Gasteiger partial charge >= 0.3 is 5.97 Å². The molecule has 5 aliphatic rings. The van der Waals surface area contributed by atoms with Gasteiger partial charge in [-0.1, -0.05) is 0 Å². The number of hydrogen-bond acceptors (Lipinski definition) is 5. The van der Waals surface area contributed by atoms with Gasteiger partial charge in [0.2, 0.25) is 6.79 Å². The fourth-order valence-electron chi connectivity index (χ4n) is 5.95. The first kappa shape index (κ1) is 18.1. The van der Waals surface area contributed by atoms with Crippen molar-refractivity contribution in [2.24, 2.45) is 17.3 Å². The first-order valence-electron chi connectivity index (χ1n) is 9.95. The Balaban J connectivity index is 1.24. The van der Waals surface area contributed by atoms with E-state index in [1.807, 2.05) is 0 Å². The minimum Gasteiger partial charge on any atom is -0.454 e. The minimum atomic E-state index is -0.878. The average Bonchev–Trinajstić information content (AvgIpc) is 3.07. The molecule has 6 rings (SSSR count). The predicted molar refractivity (Wildman–Crippen MR) is 102 cm³/mol. The highest BCUT2D eigenvalue weighted by molar-refractivity contribution is 6.24. The molecule has 0 aromatic heterocycles. The summed E-state index contributed by atoms with van der Waals surface area (Å²) in [6.45, 7) is 1.78. The van der Waals surface area contributed by atoms with Gasteiger partial charge < -0.3 is 19.5 Å². The Labute approximate surface area is 168 Å². The minimum absolute atomic E-state index is 0.173. The van der Waals surface area contributed by atoms with E-state index in [2.05, 4.69) is 5.32 Å². The number of benzene rings is 1. The number of fused-ring (bicyclic) bond motifs is 1. The molecule has 0 radical (unpaired) electrons. The van der Waals surface area contributed by atoms with Crippen LogP contribution in [-0.2, 0) is 14.3 Å². The van der Waals surface area contributed by atoms with Gasteiger partial charge in [0.1, 0.15) is 0 Å². The van der Waals surface area contributed by atoms with Crippen LogP contribution >= 0.6 is 11.6 Å². The van der Waals surface area contributed by atoms with Crippen LogP contribution in [0.3, 0.4) is 0 Å². The zero-order valence-electron chi connectivity index (χ0n) is 15.8. The molecular weight excluding hydrogens is 382 g/mol. The Hall–Kier alpha value is -1.95. The van der Waals surface area contributed by atoms with Crippen molar-refractivity contribution in [2.45, 2.75) is 56.4 Å². The summed E-state index contributed by atoms with van der Waals surface area (Å²) in [6, 6.07) is 5.17. The number of halogens is 1. The summed E-state index contributed by atoms with van der Waals surface area (Å²) in [6.07, 6.45) is 4.64. The van der Waals surface area contributed by atoms with E-state index in [4.69, 9.17) is 25.8 Å². The molecule has 0 saturated heterocycles. The van der Waals surface area contributed by atoms with Crippen molar-refractivity contribution in [3.8, 4) is 11.5 Å². The van der Waals surface area contributed by atoms with Gasteiger partial charge in [-0.3, -0.25) is 9.59 Å². The molecule has 150 valence electrons. The monoisotopic (exact) mass is 405 g/mol. The van der Waals surface area contributed by atoms with Crippen LogP contribution in [0.1, 0.15) is 45.4 Å². The van der Waals surface area contributed by atoms with Crippen LogP contribution in [0.5, 0.6) is 11.5 Å². The van der Waals surface area contributed by atoms with E-state index in [0.717, 1.165) is 25.7 Å². The van der Waals surface area contributed by atoms with E-state index in [-0.39, 0.29) is 23.5 Å². The van der Waals surface area contributed by atoms with Crippen LogP contribution in [0.2, 0.25) is 0 Å². The van der Waals surface area contributed by atoms with Crippen molar-refractivity contribution in [3.05, 3.63) is 18.2 Å². The van der Waals surface area contributed by atoms with E-state index in [1.165, 1.54) is 6.42 Å². The average molecular weight is 406 g/mol. The van der Waals surface area contributed by atoms with Crippen LogP contribution < -0.4 is 14.8 Å². The van der Waals surface area contributed by atoms with Crippen molar-refractivity contribution < 1.29 is 23.8 Å². The number of nitrogens with one attached hydrogen (secondary N) is 1. The van der Waals surface area contributed by atoms with Gasteiger partial charge in [-0.05, 0) is 69.4 Å². The Morgan fingerprint density at radius 2 is 1.89 bits per heavy atom. The lowest BCUT2D eigenvalue weighted by atomic mass is 9.49. The molecule has 4 bridgehead atoms. The van der Waals surface area contributed by atoms with Crippen molar-refractivity contribution in [1.29, 1.82) is 0 Å². The fraction of sp³-hybridized carbons (Fsp3) is 0.619. The lowest BCUT2D eigenvalue weighted by Crippen LogP contribution is -2.57. The highest BCUT2D eigenvalue weighted by atomic mass is 35.5. The molecule has 4 aliphatic carbocycles. The molecule has 1 amide bonds. The second-order valence-electron chi connectivity index (χ2n) is 9.00. The van der Waals surface area contributed by atoms with Gasteiger partial charge in [-0.25, -0.2) is 0 Å². The number of hydrogen-bond donors (Lipinski definition) is 1. The number of alkyl halides is 1. The highest BCUT2D eigenvalue weighted by Crippen LogP contribution is 2.64. The van der Waals surface area contributed by atoms with Crippen LogP contribution in [0.15, 0.2) is 18.2 Å². The largest absolute Gasteiger partial charge is 0.454 e.